The third-order valence-corrected chi connectivity index (χ3v) is 4.78. The molecule has 1 heterocycles. The Balaban J connectivity index is 2.23. The van der Waals surface area contributed by atoms with E-state index in [0.29, 0.717) is 11.3 Å². The Morgan fingerprint density at radius 3 is 2.47 bits per heavy atom. The summed E-state index contributed by atoms with van der Waals surface area (Å²) in [4.78, 5) is 2.60. The fraction of sp³-hybridized carbons (Fsp3) is 0.647. The molecule has 1 atom stereocenters. The number of nitrogens with one attached hydrogen (secondary N) is 1. The van der Waals surface area contributed by atoms with Crippen LogP contribution in [0.2, 0.25) is 0 Å². The minimum atomic E-state index is 0.441. The summed E-state index contributed by atoms with van der Waals surface area (Å²) < 4.78 is 0. The van der Waals surface area contributed by atoms with E-state index in [-0.39, 0.29) is 0 Å². The van der Waals surface area contributed by atoms with Crippen LogP contribution in [0.1, 0.15) is 31.4 Å². The molecule has 1 aromatic rings. The summed E-state index contributed by atoms with van der Waals surface area (Å²) in [6, 6.07) is 6.62. The fourth-order valence-electron chi connectivity index (χ4n) is 3.33. The van der Waals surface area contributed by atoms with Crippen LogP contribution in [-0.4, -0.2) is 26.7 Å². The van der Waals surface area contributed by atoms with Crippen molar-refractivity contribution in [2.24, 2.45) is 11.3 Å². The monoisotopic (exact) mass is 260 g/mol. The molecule has 1 unspecified atom stereocenters. The van der Waals surface area contributed by atoms with Crippen molar-refractivity contribution in [3.05, 3.63) is 29.3 Å². The zero-order valence-corrected chi connectivity index (χ0v) is 13.1. The maximum absolute atomic E-state index is 3.37. The predicted molar refractivity (Wildman–Crippen MR) is 83.9 cm³/mol. The van der Waals surface area contributed by atoms with Gasteiger partial charge in [-0.2, -0.15) is 0 Å². The number of benzene rings is 1. The van der Waals surface area contributed by atoms with E-state index < -0.39 is 0 Å². The Hall–Kier alpha value is -1.02. The molecular formula is C17H28N2. The van der Waals surface area contributed by atoms with Gasteiger partial charge >= 0.3 is 0 Å². The first-order chi connectivity index (χ1) is 8.95. The summed E-state index contributed by atoms with van der Waals surface area (Å²) in [6.45, 7) is 12.7. The summed E-state index contributed by atoms with van der Waals surface area (Å²) >= 11 is 0. The van der Waals surface area contributed by atoms with Crippen molar-refractivity contribution in [2.45, 2.75) is 34.1 Å². The standard InChI is InChI=1S/C17H28N2/c1-13-7-6-8-14(2)16(13)19-10-9-17(3,4)15(12-19)11-18-5/h6-8,15,18H,9-12H2,1-5H3. The first-order valence-corrected chi connectivity index (χ1v) is 7.41. The van der Waals surface area contributed by atoms with Gasteiger partial charge in [-0.25, -0.2) is 0 Å². The quantitative estimate of drug-likeness (QED) is 0.896. The van der Waals surface area contributed by atoms with Gasteiger partial charge in [0.15, 0.2) is 0 Å². The van der Waals surface area contributed by atoms with Crippen molar-refractivity contribution in [1.29, 1.82) is 0 Å². The maximum Gasteiger partial charge on any atom is 0.0425 e. The first-order valence-electron chi connectivity index (χ1n) is 7.41. The highest BCUT2D eigenvalue weighted by Gasteiger charge is 2.35. The average molecular weight is 260 g/mol. The van der Waals surface area contributed by atoms with Crippen LogP contribution in [0.4, 0.5) is 5.69 Å². The molecule has 0 aliphatic carbocycles. The number of nitrogens with zero attached hydrogens (tertiary/aromatic N) is 1. The molecule has 1 aromatic carbocycles. The van der Waals surface area contributed by atoms with Crippen molar-refractivity contribution in [2.75, 3.05) is 31.6 Å². The molecule has 0 aromatic heterocycles. The van der Waals surface area contributed by atoms with E-state index in [2.05, 4.69) is 63.2 Å². The van der Waals surface area contributed by atoms with Gasteiger partial charge in [-0.05, 0) is 56.3 Å². The minimum Gasteiger partial charge on any atom is -0.371 e. The Kier molecular flexibility index (Phi) is 4.19. The van der Waals surface area contributed by atoms with Crippen LogP contribution < -0.4 is 10.2 Å². The predicted octanol–water partition coefficient (Wildman–Crippen LogP) is 3.38. The topological polar surface area (TPSA) is 15.3 Å². The summed E-state index contributed by atoms with van der Waals surface area (Å²) in [5.74, 6) is 0.713. The molecule has 0 bridgehead atoms. The van der Waals surface area contributed by atoms with Gasteiger partial charge in [0.25, 0.3) is 0 Å². The van der Waals surface area contributed by atoms with E-state index >= 15 is 0 Å². The number of rotatable bonds is 3. The van der Waals surface area contributed by atoms with Crippen molar-refractivity contribution >= 4 is 5.69 Å². The highest BCUT2D eigenvalue weighted by Crippen LogP contribution is 2.38. The molecule has 2 heteroatoms. The minimum absolute atomic E-state index is 0.441. The van der Waals surface area contributed by atoms with Crippen molar-refractivity contribution in [1.82, 2.24) is 5.32 Å². The van der Waals surface area contributed by atoms with Gasteiger partial charge in [0.1, 0.15) is 0 Å². The molecule has 2 rings (SSSR count). The molecule has 106 valence electrons. The lowest BCUT2D eigenvalue weighted by atomic mass is 9.73. The van der Waals surface area contributed by atoms with Gasteiger partial charge in [-0.1, -0.05) is 32.0 Å². The van der Waals surface area contributed by atoms with Crippen LogP contribution >= 0.6 is 0 Å². The Morgan fingerprint density at radius 1 is 1.26 bits per heavy atom. The molecule has 19 heavy (non-hydrogen) atoms. The largest absolute Gasteiger partial charge is 0.371 e. The zero-order valence-electron chi connectivity index (χ0n) is 13.1. The van der Waals surface area contributed by atoms with E-state index in [1.807, 2.05) is 0 Å². The summed E-state index contributed by atoms with van der Waals surface area (Å²) in [7, 11) is 2.06. The lowest BCUT2D eigenvalue weighted by molar-refractivity contribution is 0.169. The van der Waals surface area contributed by atoms with E-state index in [1.165, 1.54) is 36.3 Å². The third-order valence-electron chi connectivity index (χ3n) is 4.78. The number of hydrogen-bond acceptors (Lipinski definition) is 2. The number of anilines is 1. The Labute approximate surface area is 118 Å². The molecular weight excluding hydrogens is 232 g/mol. The average Bonchev–Trinajstić information content (AvgIpc) is 2.33. The summed E-state index contributed by atoms with van der Waals surface area (Å²) in [6.07, 6.45) is 1.27. The van der Waals surface area contributed by atoms with Crippen LogP contribution in [-0.2, 0) is 0 Å². The Morgan fingerprint density at radius 2 is 1.89 bits per heavy atom. The van der Waals surface area contributed by atoms with Crippen LogP contribution in [0.3, 0.4) is 0 Å². The van der Waals surface area contributed by atoms with E-state index in [4.69, 9.17) is 0 Å². The van der Waals surface area contributed by atoms with Crippen LogP contribution in [0, 0.1) is 25.2 Å². The molecule has 2 nitrogen and oxygen atoms in total. The van der Waals surface area contributed by atoms with Crippen LogP contribution in [0.25, 0.3) is 0 Å². The molecule has 0 amide bonds. The summed E-state index contributed by atoms with van der Waals surface area (Å²) in [5.41, 5.74) is 4.71. The van der Waals surface area contributed by atoms with E-state index in [0.717, 1.165) is 6.54 Å². The number of para-hydroxylation sites is 1. The zero-order chi connectivity index (χ0) is 14.0. The van der Waals surface area contributed by atoms with Crippen LogP contribution in [0.5, 0.6) is 0 Å². The molecule has 1 fully saturated rings. The van der Waals surface area contributed by atoms with Crippen LogP contribution in [0.15, 0.2) is 18.2 Å². The number of aryl methyl sites for hydroxylation is 2. The SMILES string of the molecule is CNCC1CN(c2c(C)cccc2C)CCC1(C)C. The van der Waals surface area contributed by atoms with E-state index in [1.54, 1.807) is 0 Å². The number of hydrogen-bond donors (Lipinski definition) is 1. The lowest BCUT2D eigenvalue weighted by Gasteiger charge is -2.45. The highest BCUT2D eigenvalue weighted by molar-refractivity contribution is 5.59. The molecule has 1 aliphatic heterocycles. The van der Waals surface area contributed by atoms with E-state index in [9.17, 15) is 0 Å². The lowest BCUT2D eigenvalue weighted by Crippen LogP contribution is -2.48. The van der Waals surface area contributed by atoms with Gasteiger partial charge in [-0.3, -0.25) is 0 Å². The summed E-state index contributed by atoms with van der Waals surface area (Å²) in [5, 5.41) is 3.37. The Bertz CT molecular complexity index is 417. The highest BCUT2D eigenvalue weighted by atomic mass is 15.2. The smallest absolute Gasteiger partial charge is 0.0425 e. The van der Waals surface area contributed by atoms with Gasteiger partial charge in [-0.15, -0.1) is 0 Å². The normalized spacial score (nSPS) is 22.6. The molecule has 0 saturated carbocycles. The third kappa shape index (κ3) is 2.94. The van der Waals surface area contributed by atoms with Gasteiger partial charge < -0.3 is 10.2 Å². The van der Waals surface area contributed by atoms with Crippen molar-refractivity contribution in [3.8, 4) is 0 Å². The van der Waals surface area contributed by atoms with Crippen molar-refractivity contribution in [3.63, 3.8) is 0 Å². The second-order valence-corrected chi connectivity index (χ2v) is 6.68. The molecule has 1 saturated heterocycles. The molecule has 1 aliphatic rings. The molecule has 0 radical (unpaired) electrons. The van der Waals surface area contributed by atoms with Gasteiger partial charge in [0.05, 0.1) is 0 Å². The first kappa shape index (κ1) is 14.4. The number of piperidine rings is 1. The molecule has 0 spiro atoms. The van der Waals surface area contributed by atoms with Crippen molar-refractivity contribution < 1.29 is 0 Å². The molecule has 1 N–H and O–H groups in total. The second kappa shape index (κ2) is 5.54. The van der Waals surface area contributed by atoms with Gasteiger partial charge in [0, 0.05) is 18.8 Å². The fourth-order valence-corrected chi connectivity index (χ4v) is 3.33. The maximum atomic E-state index is 3.37. The second-order valence-electron chi connectivity index (χ2n) is 6.68. The van der Waals surface area contributed by atoms with Gasteiger partial charge in [0.2, 0.25) is 0 Å².